The Kier molecular flexibility index (Phi) is 5.21. The second-order valence-electron chi connectivity index (χ2n) is 7.38. The van der Waals surface area contributed by atoms with Crippen molar-refractivity contribution < 1.29 is 9.53 Å². The fourth-order valence-corrected chi connectivity index (χ4v) is 1.70. The average molecular weight is 277 g/mol. The van der Waals surface area contributed by atoms with Crippen LogP contribution in [0.3, 0.4) is 0 Å². The predicted molar refractivity (Wildman–Crippen MR) is 84.1 cm³/mol. The van der Waals surface area contributed by atoms with Crippen LogP contribution in [0.1, 0.15) is 53.5 Å². The van der Waals surface area contributed by atoms with Crippen LogP contribution in [0.4, 0.5) is 10.5 Å². The quantitative estimate of drug-likeness (QED) is 0.843. The van der Waals surface area contributed by atoms with Crippen LogP contribution in [0.25, 0.3) is 0 Å². The molecule has 3 heteroatoms. The van der Waals surface area contributed by atoms with Crippen molar-refractivity contribution in [3.8, 4) is 0 Å². The molecule has 1 amide bonds. The minimum atomic E-state index is -0.475. The molecule has 0 atom stereocenters. The Morgan fingerprint density at radius 3 is 2.05 bits per heavy atom. The molecule has 1 aromatic carbocycles. The van der Waals surface area contributed by atoms with E-state index in [0.717, 1.165) is 18.5 Å². The minimum absolute atomic E-state index is 0.341. The third kappa shape index (κ3) is 7.17. The summed E-state index contributed by atoms with van der Waals surface area (Å²) < 4.78 is 5.21. The Morgan fingerprint density at radius 2 is 1.60 bits per heavy atom. The number of amides is 1. The van der Waals surface area contributed by atoms with Gasteiger partial charge in [-0.05, 0) is 56.7 Å². The number of nitrogens with one attached hydrogen (secondary N) is 1. The predicted octanol–water partition coefficient (Wildman–Crippen LogP) is 5.01. The van der Waals surface area contributed by atoms with E-state index in [2.05, 4.69) is 38.2 Å². The minimum Gasteiger partial charge on any atom is -0.444 e. The molecular weight excluding hydrogens is 250 g/mol. The number of ether oxygens (including phenoxy) is 1. The number of benzene rings is 1. The zero-order chi connectivity index (χ0) is 15.4. The molecule has 0 aliphatic heterocycles. The lowest BCUT2D eigenvalue weighted by molar-refractivity contribution is 0.0636. The maximum absolute atomic E-state index is 11.6. The van der Waals surface area contributed by atoms with Crippen LogP contribution in [-0.4, -0.2) is 11.7 Å². The molecule has 1 rings (SSSR count). The highest BCUT2D eigenvalue weighted by Gasteiger charge is 2.16. The molecule has 1 N–H and O–H groups in total. The molecule has 0 saturated heterocycles. The van der Waals surface area contributed by atoms with Crippen LogP contribution in [0.15, 0.2) is 24.3 Å². The highest BCUT2D eigenvalue weighted by molar-refractivity contribution is 5.84. The van der Waals surface area contributed by atoms with Crippen molar-refractivity contribution in [2.24, 2.45) is 5.41 Å². The van der Waals surface area contributed by atoms with Crippen LogP contribution in [-0.2, 0) is 11.2 Å². The Hall–Kier alpha value is -1.51. The van der Waals surface area contributed by atoms with Gasteiger partial charge in [0, 0.05) is 5.69 Å². The highest BCUT2D eigenvalue weighted by atomic mass is 16.6. The van der Waals surface area contributed by atoms with Gasteiger partial charge in [0.1, 0.15) is 5.60 Å². The van der Waals surface area contributed by atoms with Gasteiger partial charge >= 0.3 is 6.09 Å². The van der Waals surface area contributed by atoms with E-state index in [1.165, 1.54) is 5.56 Å². The van der Waals surface area contributed by atoms with E-state index in [-0.39, 0.29) is 0 Å². The van der Waals surface area contributed by atoms with Gasteiger partial charge in [-0.2, -0.15) is 0 Å². The van der Waals surface area contributed by atoms with Crippen molar-refractivity contribution in [3.05, 3.63) is 29.8 Å². The first-order valence-electron chi connectivity index (χ1n) is 7.14. The maximum Gasteiger partial charge on any atom is 0.412 e. The monoisotopic (exact) mass is 277 g/mol. The summed E-state index contributed by atoms with van der Waals surface area (Å²) in [4.78, 5) is 11.6. The molecular formula is C17H27NO2. The molecule has 0 fully saturated rings. The van der Waals surface area contributed by atoms with Crippen LogP contribution >= 0.6 is 0 Å². The first kappa shape index (κ1) is 16.5. The van der Waals surface area contributed by atoms with Crippen molar-refractivity contribution >= 4 is 11.8 Å². The van der Waals surface area contributed by atoms with Gasteiger partial charge in [-0.1, -0.05) is 32.9 Å². The fourth-order valence-electron chi connectivity index (χ4n) is 1.70. The van der Waals surface area contributed by atoms with Crippen LogP contribution in [0.2, 0.25) is 0 Å². The third-order valence-electron chi connectivity index (χ3n) is 2.76. The summed E-state index contributed by atoms with van der Waals surface area (Å²) in [6.45, 7) is 12.3. The van der Waals surface area contributed by atoms with E-state index in [1.54, 1.807) is 0 Å². The molecule has 0 spiro atoms. The van der Waals surface area contributed by atoms with E-state index in [1.807, 2.05) is 32.9 Å². The van der Waals surface area contributed by atoms with Crippen molar-refractivity contribution in [2.75, 3.05) is 5.32 Å². The Morgan fingerprint density at radius 1 is 1.05 bits per heavy atom. The molecule has 0 unspecified atom stereocenters. The molecule has 1 aromatic rings. The normalized spacial score (nSPS) is 12.1. The summed E-state index contributed by atoms with van der Waals surface area (Å²) in [5.41, 5.74) is 1.91. The smallest absolute Gasteiger partial charge is 0.412 e. The van der Waals surface area contributed by atoms with E-state index in [0.29, 0.717) is 5.41 Å². The molecule has 0 aliphatic carbocycles. The van der Waals surface area contributed by atoms with Crippen molar-refractivity contribution in [1.29, 1.82) is 0 Å². The topological polar surface area (TPSA) is 38.3 Å². The molecule has 20 heavy (non-hydrogen) atoms. The molecule has 3 nitrogen and oxygen atoms in total. The van der Waals surface area contributed by atoms with E-state index < -0.39 is 11.7 Å². The number of rotatable bonds is 3. The van der Waals surface area contributed by atoms with Gasteiger partial charge < -0.3 is 4.74 Å². The van der Waals surface area contributed by atoms with Gasteiger partial charge in [-0.25, -0.2) is 4.79 Å². The average Bonchev–Trinajstić information content (AvgIpc) is 2.24. The van der Waals surface area contributed by atoms with E-state index >= 15 is 0 Å². The molecule has 0 heterocycles. The summed E-state index contributed by atoms with van der Waals surface area (Å²) in [6.07, 6.45) is 1.78. The van der Waals surface area contributed by atoms with Gasteiger partial charge in [-0.3, -0.25) is 5.32 Å². The summed E-state index contributed by atoms with van der Waals surface area (Å²) in [5, 5.41) is 2.74. The Bertz CT molecular complexity index is 436. The maximum atomic E-state index is 11.6. The number of anilines is 1. The SMILES string of the molecule is CC(C)(C)CCc1ccc(NC(=O)OC(C)(C)C)cc1. The zero-order valence-corrected chi connectivity index (χ0v) is 13.5. The summed E-state index contributed by atoms with van der Waals surface area (Å²) >= 11 is 0. The standard InChI is InChI=1S/C17H27NO2/c1-16(2,3)12-11-13-7-9-14(10-8-13)18-15(19)20-17(4,5)6/h7-10H,11-12H2,1-6H3,(H,18,19). The number of hydrogen-bond donors (Lipinski definition) is 1. The van der Waals surface area contributed by atoms with Gasteiger partial charge in [0.05, 0.1) is 0 Å². The molecule has 0 saturated carbocycles. The van der Waals surface area contributed by atoms with Crippen LogP contribution in [0, 0.1) is 5.41 Å². The number of carbonyl (C=O) groups is 1. The summed E-state index contributed by atoms with van der Waals surface area (Å²) in [7, 11) is 0. The number of aryl methyl sites for hydroxylation is 1. The largest absolute Gasteiger partial charge is 0.444 e. The summed E-state index contributed by atoms with van der Waals surface area (Å²) in [5.74, 6) is 0. The van der Waals surface area contributed by atoms with Gasteiger partial charge in [-0.15, -0.1) is 0 Å². The van der Waals surface area contributed by atoms with Gasteiger partial charge in [0.25, 0.3) is 0 Å². The molecule has 0 aromatic heterocycles. The Labute approximate surface area is 122 Å². The highest BCUT2D eigenvalue weighted by Crippen LogP contribution is 2.22. The fraction of sp³-hybridized carbons (Fsp3) is 0.588. The van der Waals surface area contributed by atoms with Crippen LogP contribution in [0.5, 0.6) is 0 Å². The third-order valence-corrected chi connectivity index (χ3v) is 2.76. The first-order valence-corrected chi connectivity index (χ1v) is 7.14. The first-order chi connectivity index (χ1) is 9.05. The lowest BCUT2D eigenvalue weighted by atomic mass is 9.89. The Balaban J connectivity index is 2.52. The molecule has 0 radical (unpaired) electrons. The van der Waals surface area contributed by atoms with Crippen LogP contribution < -0.4 is 5.32 Å². The number of hydrogen-bond acceptors (Lipinski definition) is 2. The molecule has 112 valence electrons. The summed E-state index contributed by atoms with van der Waals surface area (Å²) in [6, 6.07) is 7.95. The van der Waals surface area contributed by atoms with Crippen molar-refractivity contribution in [3.63, 3.8) is 0 Å². The molecule has 0 aliphatic rings. The van der Waals surface area contributed by atoms with E-state index in [9.17, 15) is 4.79 Å². The lowest BCUT2D eigenvalue weighted by Crippen LogP contribution is -2.27. The van der Waals surface area contributed by atoms with E-state index in [4.69, 9.17) is 4.74 Å². The van der Waals surface area contributed by atoms with Gasteiger partial charge in [0.15, 0.2) is 0 Å². The van der Waals surface area contributed by atoms with Crippen molar-refractivity contribution in [2.45, 2.75) is 60.0 Å². The lowest BCUT2D eigenvalue weighted by Gasteiger charge is -2.20. The second kappa shape index (κ2) is 6.29. The zero-order valence-electron chi connectivity index (χ0n) is 13.5. The second-order valence-corrected chi connectivity index (χ2v) is 7.38. The van der Waals surface area contributed by atoms with Gasteiger partial charge in [0.2, 0.25) is 0 Å². The number of carbonyl (C=O) groups excluding carboxylic acids is 1. The van der Waals surface area contributed by atoms with Crippen molar-refractivity contribution in [1.82, 2.24) is 0 Å². The molecule has 0 bridgehead atoms.